The number of esters is 1. The smallest absolute Gasteiger partial charge is 0.326 e. The van der Waals surface area contributed by atoms with Crippen LogP contribution in [0.4, 0.5) is 9.18 Å². The van der Waals surface area contributed by atoms with Crippen LogP contribution in [0.5, 0.6) is 0 Å². The zero-order valence-corrected chi connectivity index (χ0v) is 18.1. The number of halogens is 1. The minimum absolute atomic E-state index is 0.000275. The molecule has 0 unspecified atom stereocenters. The number of urea groups is 1. The molecule has 4 amide bonds. The van der Waals surface area contributed by atoms with Crippen molar-refractivity contribution in [2.24, 2.45) is 5.92 Å². The third-order valence-electron chi connectivity index (χ3n) is 6.62. The minimum Gasteiger partial charge on any atom is -0.454 e. The van der Waals surface area contributed by atoms with Crippen molar-refractivity contribution in [3.05, 3.63) is 35.6 Å². The van der Waals surface area contributed by atoms with Crippen LogP contribution in [0.2, 0.25) is 0 Å². The maximum Gasteiger partial charge on any atom is 0.326 e. The van der Waals surface area contributed by atoms with Crippen molar-refractivity contribution in [2.45, 2.75) is 63.6 Å². The SMILES string of the molecule is CC1CCC2(CC1)NC(=O)N(CC(=O)OCC(=O)N(Cc1ccccc1F)C1CC1)C2=O. The molecular weight excluding hydrogens is 417 g/mol. The fourth-order valence-electron chi connectivity index (χ4n) is 4.43. The Kier molecular flexibility index (Phi) is 6.17. The van der Waals surface area contributed by atoms with Crippen molar-refractivity contribution in [1.29, 1.82) is 0 Å². The number of amides is 4. The second-order valence-corrected chi connectivity index (χ2v) is 9.09. The third-order valence-corrected chi connectivity index (χ3v) is 6.62. The zero-order valence-electron chi connectivity index (χ0n) is 18.1. The first kappa shape index (κ1) is 22.2. The highest BCUT2D eigenvalue weighted by molar-refractivity contribution is 6.08. The molecule has 1 spiro atoms. The van der Waals surface area contributed by atoms with E-state index in [0.717, 1.165) is 30.6 Å². The summed E-state index contributed by atoms with van der Waals surface area (Å²) in [6, 6.07) is 5.63. The summed E-state index contributed by atoms with van der Waals surface area (Å²) in [5.74, 6) is -1.57. The summed E-state index contributed by atoms with van der Waals surface area (Å²) < 4.78 is 19.1. The Bertz CT molecular complexity index is 924. The van der Waals surface area contributed by atoms with Gasteiger partial charge in [0, 0.05) is 18.2 Å². The van der Waals surface area contributed by atoms with Crippen LogP contribution in [0.3, 0.4) is 0 Å². The first-order chi connectivity index (χ1) is 15.3. The molecule has 2 aliphatic carbocycles. The van der Waals surface area contributed by atoms with Gasteiger partial charge in [0.1, 0.15) is 17.9 Å². The molecular formula is C23H28FN3O5. The van der Waals surface area contributed by atoms with E-state index in [4.69, 9.17) is 4.74 Å². The predicted molar refractivity (Wildman–Crippen MR) is 112 cm³/mol. The fraction of sp³-hybridized carbons (Fsp3) is 0.565. The number of nitrogens with one attached hydrogen (secondary N) is 1. The Morgan fingerprint density at radius 2 is 1.88 bits per heavy atom. The topological polar surface area (TPSA) is 96.0 Å². The molecule has 2 saturated carbocycles. The summed E-state index contributed by atoms with van der Waals surface area (Å²) in [5, 5.41) is 2.75. The molecule has 1 aliphatic heterocycles. The van der Waals surface area contributed by atoms with Crippen LogP contribution in [0.1, 0.15) is 51.0 Å². The van der Waals surface area contributed by atoms with Crippen molar-refractivity contribution in [3.63, 3.8) is 0 Å². The molecule has 8 nitrogen and oxygen atoms in total. The number of rotatable bonds is 7. The number of ether oxygens (including phenoxy) is 1. The first-order valence-electron chi connectivity index (χ1n) is 11.1. The van der Waals surface area contributed by atoms with E-state index in [1.54, 1.807) is 18.2 Å². The summed E-state index contributed by atoms with van der Waals surface area (Å²) in [4.78, 5) is 52.5. The average Bonchev–Trinajstić information content (AvgIpc) is 3.58. The first-order valence-corrected chi connectivity index (χ1v) is 11.1. The molecule has 3 fully saturated rings. The van der Waals surface area contributed by atoms with E-state index in [1.807, 2.05) is 0 Å². The number of benzene rings is 1. The number of imide groups is 1. The fourth-order valence-corrected chi connectivity index (χ4v) is 4.43. The molecule has 4 rings (SSSR count). The van der Waals surface area contributed by atoms with Gasteiger partial charge in [-0.2, -0.15) is 0 Å². The Labute approximate surface area is 186 Å². The molecule has 172 valence electrons. The van der Waals surface area contributed by atoms with Crippen molar-refractivity contribution < 1.29 is 28.3 Å². The molecule has 0 bridgehead atoms. The second kappa shape index (κ2) is 8.88. The van der Waals surface area contributed by atoms with Gasteiger partial charge in [0.15, 0.2) is 6.61 Å². The van der Waals surface area contributed by atoms with Crippen LogP contribution in [0.25, 0.3) is 0 Å². The second-order valence-electron chi connectivity index (χ2n) is 9.09. The van der Waals surface area contributed by atoms with Crippen molar-refractivity contribution in [3.8, 4) is 0 Å². The maximum absolute atomic E-state index is 14.0. The summed E-state index contributed by atoms with van der Waals surface area (Å²) in [6.07, 6.45) is 4.40. The Morgan fingerprint density at radius 1 is 1.19 bits per heavy atom. The zero-order chi connectivity index (χ0) is 22.9. The van der Waals surface area contributed by atoms with Gasteiger partial charge in [-0.05, 0) is 50.5 Å². The van der Waals surface area contributed by atoms with Gasteiger partial charge in [-0.3, -0.25) is 19.3 Å². The van der Waals surface area contributed by atoms with Crippen LogP contribution in [-0.2, 0) is 25.7 Å². The van der Waals surface area contributed by atoms with Crippen LogP contribution in [0, 0.1) is 11.7 Å². The Balaban J connectivity index is 1.31. The number of hydrogen-bond acceptors (Lipinski definition) is 5. The average molecular weight is 445 g/mol. The van der Waals surface area contributed by atoms with Crippen molar-refractivity contribution in [2.75, 3.05) is 13.2 Å². The van der Waals surface area contributed by atoms with E-state index < -0.39 is 48.3 Å². The van der Waals surface area contributed by atoms with E-state index in [9.17, 15) is 23.6 Å². The lowest BCUT2D eigenvalue weighted by Gasteiger charge is -2.33. The van der Waals surface area contributed by atoms with Crippen molar-refractivity contribution >= 4 is 23.8 Å². The van der Waals surface area contributed by atoms with E-state index >= 15 is 0 Å². The van der Waals surface area contributed by atoms with E-state index in [2.05, 4.69) is 12.2 Å². The molecule has 9 heteroatoms. The Morgan fingerprint density at radius 3 is 2.53 bits per heavy atom. The molecule has 0 aromatic heterocycles. The summed E-state index contributed by atoms with van der Waals surface area (Å²) in [7, 11) is 0. The van der Waals surface area contributed by atoms with E-state index in [-0.39, 0.29) is 12.6 Å². The van der Waals surface area contributed by atoms with Crippen LogP contribution in [0.15, 0.2) is 24.3 Å². The monoisotopic (exact) mass is 445 g/mol. The number of nitrogens with zero attached hydrogens (tertiary/aromatic N) is 2. The van der Waals surface area contributed by atoms with Gasteiger partial charge in [-0.1, -0.05) is 25.1 Å². The number of hydrogen-bond donors (Lipinski definition) is 1. The molecule has 0 radical (unpaired) electrons. The highest BCUT2D eigenvalue weighted by atomic mass is 19.1. The molecule has 1 aromatic rings. The van der Waals surface area contributed by atoms with Gasteiger partial charge in [0.25, 0.3) is 11.8 Å². The lowest BCUT2D eigenvalue weighted by molar-refractivity contribution is -0.154. The van der Waals surface area contributed by atoms with Gasteiger partial charge in [-0.25, -0.2) is 9.18 Å². The van der Waals surface area contributed by atoms with Crippen LogP contribution in [-0.4, -0.2) is 58.3 Å². The lowest BCUT2D eigenvalue weighted by atomic mass is 9.77. The minimum atomic E-state index is -0.928. The molecule has 1 saturated heterocycles. The molecule has 1 heterocycles. The molecule has 3 aliphatic rings. The largest absolute Gasteiger partial charge is 0.454 e. The normalized spacial score (nSPS) is 25.1. The lowest BCUT2D eigenvalue weighted by Crippen LogP contribution is -2.49. The quantitative estimate of drug-likeness (QED) is 0.514. The predicted octanol–water partition coefficient (Wildman–Crippen LogP) is 2.36. The van der Waals surface area contributed by atoms with Crippen molar-refractivity contribution in [1.82, 2.24) is 15.1 Å². The van der Waals surface area contributed by atoms with Gasteiger partial charge < -0.3 is 15.0 Å². The molecule has 1 aromatic carbocycles. The molecule has 0 atom stereocenters. The van der Waals surface area contributed by atoms with E-state index in [1.165, 1.54) is 11.0 Å². The Hall–Kier alpha value is -2.97. The maximum atomic E-state index is 14.0. The molecule has 32 heavy (non-hydrogen) atoms. The van der Waals surface area contributed by atoms with Gasteiger partial charge >= 0.3 is 12.0 Å². The highest BCUT2D eigenvalue weighted by Gasteiger charge is 2.52. The van der Waals surface area contributed by atoms with Crippen LogP contribution < -0.4 is 5.32 Å². The third kappa shape index (κ3) is 4.61. The van der Waals surface area contributed by atoms with Gasteiger partial charge in [0.05, 0.1) is 0 Å². The standard InChI is InChI=1S/C23H28FN3O5/c1-15-8-10-23(11-9-15)21(30)27(22(31)25-23)13-20(29)32-14-19(28)26(17-6-7-17)12-16-4-2-3-5-18(16)24/h2-5,15,17H,6-14H2,1H3,(H,25,31). The number of carbonyl (C=O) groups is 4. The number of carbonyl (C=O) groups excluding carboxylic acids is 4. The summed E-state index contributed by atoms with van der Waals surface area (Å²) in [5.41, 5.74) is -0.534. The summed E-state index contributed by atoms with van der Waals surface area (Å²) >= 11 is 0. The molecule has 1 N–H and O–H groups in total. The summed E-state index contributed by atoms with van der Waals surface area (Å²) in [6.45, 7) is 1.15. The highest BCUT2D eigenvalue weighted by Crippen LogP contribution is 2.36. The van der Waals surface area contributed by atoms with Gasteiger partial charge in [0.2, 0.25) is 0 Å². The van der Waals surface area contributed by atoms with E-state index in [0.29, 0.717) is 24.3 Å². The van der Waals surface area contributed by atoms with Gasteiger partial charge in [-0.15, -0.1) is 0 Å². The van der Waals surface area contributed by atoms with Crippen LogP contribution >= 0.6 is 0 Å².